The Morgan fingerprint density at radius 1 is 1.07 bits per heavy atom. The number of sulfonamides is 1. The number of rotatable bonds is 3. The summed E-state index contributed by atoms with van der Waals surface area (Å²) in [6.07, 6.45) is -2.94. The van der Waals surface area contributed by atoms with Crippen LogP contribution in [0.15, 0.2) is 29.2 Å². The van der Waals surface area contributed by atoms with Crippen molar-refractivity contribution < 1.29 is 31.1 Å². The first kappa shape index (κ1) is 21.5. The van der Waals surface area contributed by atoms with Crippen LogP contribution in [0.2, 0.25) is 0 Å². The molecule has 152 valence electrons. The van der Waals surface area contributed by atoms with Crippen LogP contribution in [-0.4, -0.2) is 30.5 Å². The van der Waals surface area contributed by atoms with Gasteiger partial charge in [-0.15, -0.1) is 0 Å². The normalized spacial score (nSPS) is 16.8. The highest BCUT2D eigenvalue weighted by Crippen LogP contribution is 2.37. The summed E-state index contributed by atoms with van der Waals surface area (Å²) in [5, 5.41) is 0. The molecule has 0 saturated heterocycles. The van der Waals surface area contributed by atoms with Crippen LogP contribution in [0.4, 0.5) is 18.0 Å². The highest BCUT2D eigenvalue weighted by molar-refractivity contribution is 7.89. The van der Waals surface area contributed by atoms with Crippen LogP contribution in [0, 0.1) is 0 Å². The van der Waals surface area contributed by atoms with Crippen LogP contribution in [-0.2, 0) is 20.9 Å². The number of hydrogen-bond donors (Lipinski definition) is 0. The zero-order chi connectivity index (χ0) is 20.5. The largest absolute Gasteiger partial charge is 0.443 e. The Labute approximate surface area is 157 Å². The number of carbonyl (C=O) groups excluding carboxylic acids is 1. The van der Waals surface area contributed by atoms with Gasteiger partial charge in [0.2, 0.25) is 0 Å². The SMILES string of the molecule is CC(C)(C)OC(=O)N(C1CCCCC1)S(=O)(=O)c1ccccc1C(F)(F)F. The molecule has 1 aromatic rings. The third-order valence-electron chi connectivity index (χ3n) is 4.21. The minimum atomic E-state index is -4.87. The van der Waals surface area contributed by atoms with Crippen molar-refractivity contribution in [3.8, 4) is 0 Å². The average Bonchev–Trinajstić information content (AvgIpc) is 2.53. The Kier molecular flexibility index (Phi) is 6.13. The number of nitrogens with zero attached hydrogens (tertiary/aromatic N) is 1. The van der Waals surface area contributed by atoms with E-state index in [0.29, 0.717) is 36.1 Å². The first-order valence-electron chi connectivity index (χ1n) is 8.78. The quantitative estimate of drug-likeness (QED) is 0.710. The second kappa shape index (κ2) is 7.69. The first-order chi connectivity index (χ1) is 12.3. The molecule has 0 N–H and O–H groups in total. The first-order valence-corrected chi connectivity index (χ1v) is 10.2. The third kappa shape index (κ3) is 5.15. The Morgan fingerprint density at radius 2 is 1.63 bits per heavy atom. The van der Waals surface area contributed by atoms with Gasteiger partial charge in [0.15, 0.2) is 0 Å². The molecule has 1 saturated carbocycles. The Hall–Kier alpha value is -1.77. The van der Waals surface area contributed by atoms with Crippen LogP contribution in [0.1, 0.15) is 58.4 Å². The summed E-state index contributed by atoms with van der Waals surface area (Å²) < 4.78 is 72.1. The van der Waals surface area contributed by atoms with Crippen molar-refractivity contribution in [2.24, 2.45) is 0 Å². The zero-order valence-corrected chi connectivity index (χ0v) is 16.4. The number of carbonyl (C=O) groups is 1. The van der Waals surface area contributed by atoms with Gasteiger partial charge >= 0.3 is 12.3 Å². The van der Waals surface area contributed by atoms with Crippen molar-refractivity contribution in [3.05, 3.63) is 29.8 Å². The molecule has 1 aromatic carbocycles. The lowest BCUT2D eigenvalue weighted by Crippen LogP contribution is -2.48. The van der Waals surface area contributed by atoms with E-state index in [9.17, 15) is 26.4 Å². The van der Waals surface area contributed by atoms with Gasteiger partial charge in [0.25, 0.3) is 10.0 Å². The fourth-order valence-electron chi connectivity index (χ4n) is 3.10. The molecule has 0 unspecified atom stereocenters. The van der Waals surface area contributed by atoms with Crippen molar-refractivity contribution in [1.82, 2.24) is 4.31 Å². The third-order valence-corrected chi connectivity index (χ3v) is 6.09. The van der Waals surface area contributed by atoms with E-state index < -0.39 is 44.4 Å². The van der Waals surface area contributed by atoms with Crippen LogP contribution < -0.4 is 0 Å². The zero-order valence-electron chi connectivity index (χ0n) is 15.5. The summed E-state index contributed by atoms with van der Waals surface area (Å²) >= 11 is 0. The lowest BCUT2D eigenvalue weighted by atomic mass is 9.96. The number of ether oxygens (including phenoxy) is 1. The number of alkyl halides is 3. The van der Waals surface area contributed by atoms with Gasteiger partial charge < -0.3 is 4.74 Å². The predicted molar refractivity (Wildman–Crippen MR) is 93.6 cm³/mol. The van der Waals surface area contributed by atoms with Crippen molar-refractivity contribution in [2.75, 3.05) is 0 Å². The summed E-state index contributed by atoms with van der Waals surface area (Å²) in [5.41, 5.74) is -2.28. The number of halogens is 3. The Balaban J connectivity index is 2.56. The fraction of sp³-hybridized carbons (Fsp3) is 0.611. The van der Waals surface area contributed by atoms with E-state index in [-0.39, 0.29) is 0 Å². The van der Waals surface area contributed by atoms with Gasteiger partial charge in [-0.2, -0.15) is 17.5 Å². The van der Waals surface area contributed by atoms with E-state index in [1.807, 2.05) is 0 Å². The number of benzene rings is 1. The van der Waals surface area contributed by atoms with Gasteiger partial charge in [-0.1, -0.05) is 31.4 Å². The summed E-state index contributed by atoms with van der Waals surface area (Å²) in [6, 6.07) is 3.16. The fourth-order valence-corrected chi connectivity index (χ4v) is 4.86. The minimum absolute atomic E-state index is 0.395. The summed E-state index contributed by atoms with van der Waals surface area (Å²) in [4.78, 5) is 11.7. The second-order valence-electron chi connectivity index (χ2n) is 7.57. The monoisotopic (exact) mass is 407 g/mol. The lowest BCUT2D eigenvalue weighted by Gasteiger charge is -2.35. The standard InChI is InChI=1S/C18H24F3NO4S/c1-17(2,3)26-16(23)22(13-9-5-4-6-10-13)27(24,25)15-12-8-7-11-14(15)18(19,20)21/h7-8,11-13H,4-6,9-10H2,1-3H3. The van der Waals surface area contributed by atoms with Crippen LogP contribution in [0.3, 0.4) is 0 Å². The van der Waals surface area contributed by atoms with E-state index in [2.05, 4.69) is 0 Å². The molecule has 0 radical (unpaired) electrons. The molecule has 0 atom stereocenters. The average molecular weight is 407 g/mol. The van der Waals surface area contributed by atoms with E-state index in [4.69, 9.17) is 4.74 Å². The van der Waals surface area contributed by atoms with Crippen molar-refractivity contribution in [3.63, 3.8) is 0 Å². The van der Waals surface area contributed by atoms with Crippen LogP contribution >= 0.6 is 0 Å². The molecule has 2 rings (SSSR count). The maximum absolute atomic E-state index is 13.4. The van der Waals surface area contributed by atoms with Gasteiger partial charge in [-0.05, 0) is 45.7 Å². The topological polar surface area (TPSA) is 63.7 Å². The smallest absolute Gasteiger partial charge is 0.424 e. The van der Waals surface area contributed by atoms with E-state index in [1.54, 1.807) is 20.8 Å². The van der Waals surface area contributed by atoms with Gasteiger partial charge in [-0.25, -0.2) is 13.2 Å². The summed E-state index contributed by atoms with van der Waals surface area (Å²) in [6.45, 7) is 4.71. The van der Waals surface area contributed by atoms with Gasteiger partial charge in [0.1, 0.15) is 5.60 Å². The number of hydrogen-bond acceptors (Lipinski definition) is 4. The highest BCUT2D eigenvalue weighted by atomic mass is 32.2. The summed E-state index contributed by atoms with van der Waals surface area (Å²) in [5.74, 6) is 0. The molecule has 0 heterocycles. The predicted octanol–water partition coefficient (Wildman–Crippen LogP) is 4.96. The maximum atomic E-state index is 13.4. The maximum Gasteiger partial charge on any atom is 0.424 e. The Bertz CT molecular complexity index is 779. The highest BCUT2D eigenvalue weighted by Gasteiger charge is 2.44. The molecule has 1 amide bonds. The number of amides is 1. The molecule has 9 heteroatoms. The molecular formula is C18H24F3NO4S. The molecule has 0 aliphatic heterocycles. The van der Waals surface area contributed by atoms with E-state index >= 15 is 0 Å². The minimum Gasteiger partial charge on any atom is -0.443 e. The molecule has 0 spiro atoms. The molecule has 1 aliphatic carbocycles. The molecule has 0 bridgehead atoms. The molecule has 0 aromatic heterocycles. The Morgan fingerprint density at radius 3 is 2.15 bits per heavy atom. The summed E-state index contributed by atoms with van der Waals surface area (Å²) in [7, 11) is -4.75. The van der Waals surface area contributed by atoms with Gasteiger partial charge in [0.05, 0.1) is 16.5 Å². The van der Waals surface area contributed by atoms with Crippen LogP contribution in [0.25, 0.3) is 0 Å². The van der Waals surface area contributed by atoms with Crippen molar-refractivity contribution in [2.45, 2.75) is 75.6 Å². The molecular weight excluding hydrogens is 383 g/mol. The van der Waals surface area contributed by atoms with E-state index in [0.717, 1.165) is 18.6 Å². The van der Waals surface area contributed by atoms with Crippen molar-refractivity contribution in [1.29, 1.82) is 0 Å². The molecule has 5 nitrogen and oxygen atoms in total. The second-order valence-corrected chi connectivity index (χ2v) is 9.35. The van der Waals surface area contributed by atoms with Crippen molar-refractivity contribution >= 4 is 16.1 Å². The lowest BCUT2D eigenvalue weighted by molar-refractivity contribution is -0.140. The molecule has 1 fully saturated rings. The van der Waals surface area contributed by atoms with Gasteiger partial charge in [-0.3, -0.25) is 0 Å². The van der Waals surface area contributed by atoms with Gasteiger partial charge in [0, 0.05) is 0 Å². The molecule has 27 heavy (non-hydrogen) atoms. The molecule has 1 aliphatic rings. The van der Waals surface area contributed by atoms with E-state index in [1.165, 1.54) is 6.07 Å². The van der Waals surface area contributed by atoms with Crippen LogP contribution in [0.5, 0.6) is 0 Å².